The Bertz CT molecular complexity index is 64.3. The molecule has 3 N–H and O–H groups in total. The Morgan fingerprint density at radius 1 is 1.30 bits per heavy atom. The van der Waals surface area contributed by atoms with Crippen LogP contribution in [-0.4, -0.2) is 19.1 Å². The maximum atomic E-state index is 5.78. The third kappa shape index (κ3) is 6.05. The van der Waals surface area contributed by atoms with E-state index in [1.165, 1.54) is 6.42 Å². The third-order valence-electron chi connectivity index (χ3n) is 1.60. The molecule has 1 unspecified atom stereocenters. The summed E-state index contributed by atoms with van der Waals surface area (Å²) >= 11 is 0. The van der Waals surface area contributed by atoms with Crippen LogP contribution in [0.4, 0.5) is 0 Å². The predicted octanol–water partition coefficient (Wildman–Crippen LogP) is 1.11. The lowest BCUT2D eigenvalue weighted by Gasteiger charge is -2.09. The van der Waals surface area contributed by atoms with E-state index in [4.69, 9.17) is 5.73 Å². The average molecular weight is 144 g/mol. The molecular weight excluding hydrogens is 124 g/mol. The van der Waals surface area contributed by atoms with Crippen molar-refractivity contribution >= 4 is 0 Å². The monoisotopic (exact) mass is 144 g/mol. The summed E-state index contributed by atoms with van der Waals surface area (Å²) in [6, 6.07) is 0.407. The summed E-state index contributed by atoms with van der Waals surface area (Å²) in [5, 5.41) is 3.26. The smallest absolute Gasteiger partial charge is 0.00508 e. The summed E-state index contributed by atoms with van der Waals surface area (Å²) in [5.41, 5.74) is 5.78. The molecule has 0 bridgehead atoms. The highest BCUT2D eigenvalue weighted by atomic mass is 14.8. The fraction of sp³-hybridized carbons (Fsp3) is 1.00. The Morgan fingerprint density at radius 3 is 2.50 bits per heavy atom. The summed E-state index contributed by atoms with van der Waals surface area (Å²) in [4.78, 5) is 0. The number of hydrogen-bond acceptors (Lipinski definition) is 2. The lowest BCUT2D eigenvalue weighted by atomic mass is 10.1. The van der Waals surface area contributed by atoms with Crippen molar-refractivity contribution in [2.24, 2.45) is 5.73 Å². The Hall–Kier alpha value is -0.0800. The molecular formula is C8H20N2. The molecule has 0 heterocycles. The van der Waals surface area contributed by atoms with Crippen molar-refractivity contribution in [1.29, 1.82) is 0 Å². The van der Waals surface area contributed by atoms with Gasteiger partial charge in [-0.25, -0.2) is 0 Å². The van der Waals surface area contributed by atoms with E-state index in [1.54, 1.807) is 0 Å². The highest BCUT2D eigenvalue weighted by molar-refractivity contribution is 4.61. The molecule has 0 aliphatic rings. The van der Waals surface area contributed by atoms with Crippen LogP contribution in [0.5, 0.6) is 0 Å². The van der Waals surface area contributed by atoms with Gasteiger partial charge in [0.2, 0.25) is 0 Å². The molecule has 0 fully saturated rings. The first kappa shape index (κ1) is 9.92. The maximum absolute atomic E-state index is 5.78. The van der Waals surface area contributed by atoms with Gasteiger partial charge in [-0.2, -0.15) is 0 Å². The molecule has 0 radical (unpaired) electrons. The summed E-state index contributed by atoms with van der Waals surface area (Å²) in [5.74, 6) is 0. The van der Waals surface area contributed by atoms with E-state index in [0.29, 0.717) is 6.04 Å². The summed E-state index contributed by atoms with van der Waals surface area (Å²) in [6.07, 6.45) is 3.47. The fourth-order valence-corrected chi connectivity index (χ4v) is 0.979. The Kier molecular flexibility index (Phi) is 6.98. The van der Waals surface area contributed by atoms with Gasteiger partial charge in [-0.1, -0.05) is 20.3 Å². The molecule has 0 rings (SSSR count). The number of rotatable bonds is 6. The van der Waals surface area contributed by atoms with Crippen LogP contribution in [-0.2, 0) is 0 Å². The maximum Gasteiger partial charge on any atom is 0.00508 e. The zero-order valence-electron chi connectivity index (χ0n) is 7.19. The van der Waals surface area contributed by atoms with Crippen molar-refractivity contribution in [3.05, 3.63) is 0 Å². The van der Waals surface area contributed by atoms with E-state index in [1.807, 2.05) is 0 Å². The SMILES string of the molecule is CCCC(N)CCNCC. The van der Waals surface area contributed by atoms with Gasteiger partial charge in [0.25, 0.3) is 0 Å². The molecule has 1 atom stereocenters. The van der Waals surface area contributed by atoms with Gasteiger partial charge in [0.05, 0.1) is 0 Å². The van der Waals surface area contributed by atoms with Crippen LogP contribution < -0.4 is 11.1 Å². The molecule has 0 saturated heterocycles. The topological polar surface area (TPSA) is 38.0 Å². The second kappa shape index (κ2) is 7.03. The lowest BCUT2D eigenvalue weighted by Crippen LogP contribution is -2.26. The van der Waals surface area contributed by atoms with E-state index in [2.05, 4.69) is 19.2 Å². The first-order valence-corrected chi connectivity index (χ1v) is 4.27. The van der Waals surface area contributed by atoms with Gasteiger partial charge < -0.3 is 11.1 Å². The molecule has 0 aromatic rings. The van der Waals surface area contributed by atoms with Crippen LogP contribution in [0, 0.1) is 0 Å². The van der Waals surface area contributed by atoms with E-state index in [9.17, 15) is 0 Å². The van der Waals surface area contributed by atoms with Crippen molar-refractivity contribution in [3.63, 3.8) is 0 Å². The van der Waals surface area contributed by atoms with Gasteiger partial charge in [0, 0.05) is 6.04 Å². The van der Waals surface area contributed by atoms with Crippen molar-refractivity contribution < 1.29 is 0 Å². The van der Waals surface area contributed by atoms with E-state index >= 15 is 0 Å². The molecule has 62 valence electrons. The van der Waals surface area contributed by atoms with Crippen molar-refractivity contribution in [3.8, 4) is 0 Å². The van der Waals surface area contributed by atoms with Crippen LogP contribution in [0.15, 0.2) is 0 Å². The van der Waals surface area contributed by atoms with Crippen LogP contribution in [0.3, 0.4) is 0 Å². The predicted molar refractivity (Wildman–Crippen MR) is 46.0 cm³/mol. The minimum atomic E-state index is 0.407. The quantitative estimate of drug-likeness (QED) is 0.548. The lowest BCUT2D eigenvalue weighted by molar-refractivity contribution is 0.534. The molecule has 0 saturated carbocycles. The van der Waals surface area contributed by atoms with Gasteiger partial charge in [-0.15, -0.1) is 0 Å². The van der Waals surface area contributed by atoms with Gasteiger partial charge >= 0.3 is 0 Å². The second-order valence-corrected chi connectivity index (χ2v) is 2.69. The Balaban J connectivity index is 2.97. The molecule has 0 aliphatic carbocycles. The average Bonchev–Trinajstić information content (AvgIpc) is 1.89. The zero-order valence-corrected chi connectivity index (χ0v) is 7.19. The first-order valence-electron chi connectivity index (χ1n) is 4.27. The number of hydrogen-bond donors (Lipinski definition) is 2. The Morgan fingerprint density at radius 2 is 2.00 bits per heavy atom. The van der Waals surface area contributed by atoms with E-state index in [0.717, 1.165) is 25.9 Å². The molecule has 2 heteroatoms. The standard InChI is InChI=1S/C8H20N2/c1-3-5-8(9)6-7-10-4-2/h8,10H,3-7,9H2,1-2H3. The van der Waals surface area contributed by atoms with Crippen LogP contribution >= 0.6 is 0 Å². The molecule has 0 amide bonds. The summed E-state index contributed by atoms with van der Waals surface area (Å²) in [6.45, 7) is 6.41. The van der Waals surface area contributed by atoms with Gasteiger partial charge in [-0.05, 0) is 25.9 Å². The molecule has 0 spiro atoms. The van der Waals surface area contributed by atoms with E-state index in [-0.39, 0.29) is 0 Å². The van der Waals surface area contributed by atoms with Crippen LogP contribution in [0.2, 0.25) is 0 Å². The first-order chi connectivity index (χ1) is 4.81. The summed E-state index contributed by atoms with van der Waals surface area (Å²) in [7, 11) is 0. The molecule has 0 aromatic carbocycles. The normalized spacial score (nSPS) is 13.5. The van der Waals surface area contributed by atoms with E-state index < -0.39 is 0 Å². The van der Waals surface area contributed by atoms with Crippen molar-refractivity contribution in [1.82, 2.24) is 5.32 Å². The highest BCUT2D eigenvalue weighted by Gasteiger charge is 1.98. The molecule has 0 aliphatic heterocycles. The van der Waals surface area contributed by atoms with Crippen LogP contribution in [0.25, 0.3) is 0 Å². The minimum absolute atomic E-state index is 0.407. The molecule has 10 heavy (non-hydrogen) atoms. The fourth-order valence-electron chi connectivity index (χ4n) is 0.979. The van der Waals surface area contributed by atoms with Crippen molar-refractivity contribution in [2.45, 2.75) is 39.2 Å². The second-order valence-electron chi connectivity index (χ2n) is 2.69. The number of nitrogens with one attached hydrogen (secondary N) is 1. The molecule has 0 aromatic heterocycles. The zero-order chi connectivity index (χ0) is 7.82. The van der Waals surface area contributed by atoms with Crippen molar-refractivity contribution in [2.75, 3.05) is 13.1 Å². The van der Waals surface area contributed by atoms with Gasteiger partial charge in [0.1, 0.15) is 0 Å². The largest absolute Gasteiger partial charge is 0.328 e. The highest BCUT2D eigenvalue weighted by Crippen LogP contribution is 1.96. The van der Waals surface area contributed by atoms with Crippen LogP contribution in [0.1, 0.15) is 33.1 Å². The molecule has 2 nitrogen and oxygen atoms in total. The third-order valence-corrected chi connectivity index (χ3v) is 1.60. The van der Waals surface area contributed by atoms with Gasteiger partial charge in [0.15, 0.2) is 0 Å². The number of nitrogens with two attached hydrogens (primary N) is 1. The van der Waals surface area contributed by atoms with Gasteiger partial charge in [-0.3, -0.25) is 0 Å². The summed E-state index contributed by atoms with van der Waals surface area (Å²) < 4.78 is 0. The minimum Gasteiger partial charge on any atom is -0.328 e. The Labute approximate surface area is 64.2 Å².